The molecule has 0 unspecified atom stereocenters. The van der Waals surface area contributed by atoms with Crippen LogP contribution in [0.4, 0.5) is 4.79 Å². The van der Waals surface area contributed by atoms with E-state index < -0.39 is 34.9 Å². The van der Waals surface area contributed by atoms with Crippen LogP contribution in [0.25, 0.3) is 0 Å². The van der Waals surface area contributed by atoms with Gasteiger partial charge >= 0.3 is 12.0 Å². The molecule has 1 aliphatic heterocycles. The molecule has 0 aromatic heterocycles. The third-order valence-electron chi connectivity index (χ3n) is 2.76. The maximum atomic E-state index is 11.5. The maximum absolute atomic E-state index is 11.5. The zero-order valence-corrected chi connectivity index (χ0v) is 10.9. The Bertz CT molecular complexity index is 337. The second-order valence-corrected chi connectivity index (χ2v) is 5.99. The molecule has 18 heavy (non-hydrogen) atoms. The number of hydrogen-bond acceptors (Lipinski definition) is 4. The summed E-state index contributed by atoms with van der Waals surface area (Å²) >= 11 is 0. The van der Waals surface area contributed by atoms with E-state index in [1.54, 1.807) is 0 Å². The third-order valence-corrected chi connectivity index (χ3v) is 4.14. The fraction of sp³-hybridized carbons (Fsp3) is 0.800. The van der Waals surface area contributed by atoms with E-state index in [4.69, 9.17) is 5.11 Å². The highest BCUT2D eigenvalue weighted by Crippen LogP contribution is 2.08. The molecular formula is C10H18N2O5S. The van der Waals surface area contributed by atoms with Gasteiger partial charge in [-0.3, -0.25) is 4.21 Å². The van der Waals surface area contributed by atoms with E-state index in [1.807, 2.05) is 0 Å². The van der Waals surface area contributed by atoms with Crippen LogP contribution < -0.4 is 10.6 Å². The predicted molar refractivity (Wildman–Crippen MR) is 65.7 cm³/mol. The quantitative estimate of drug-likeness (QED) is 0.528. The zero-order valence-electron chi connectivity index (χ0n) is 10.1. The lowest BCUT2D eigenvalue weighted by Gasteiger charge is -2.24. The molecule has 1 aliphatic rings. The molecule has 0 radical (unpaired) electrons. The van der Waals surface area contributed by atoms with Gasteiger partial charge in [0.15, 0.2) is 6.04 Å². The predicted octanol–water partition coefficient (Wildman–Crippen LogP) is -0.969. The Morgan fingerprint density at radius 3 is 2.33 bits per heavy atom. The molecule has 2 atom stereocenters. The van der Waals surface area contributed by atoms with Crippen molar-refractivity contribution in [3.63, 3.8) is 0 Å². The second-order valence-electron chi connectivity index (χ2n) is 4.30. The van der Waals surface area contributed by atoms with Gasteiger partial charge in [-0.1, -0.05) is 0 Å². The number of aliphatic hydroxyl groups is 1. The van der Waals surface area contributed by atoms with Crippen LogP contribution in [0.2, 0.25) is 0 Å². The number of urea groups is 1. The molecule has 1 heterocycles. The van der Waals surface area contributed by atoms with Crippen molar-refractivity contribution in [3.05, 3.63) is 0 Å². The summed E-state index contributed by atoms with van der Waals surface area (Å²) in [5.74, 6) is -0.196. The molecule has 1 saturated heterocycles. The van der Waals surface area contributed by atoms with Crippen molar-refractivity contribution in [1.29, 1.82) is 0 Å². The third kappa shape index (κ3) is 4.61. The first-order valence-corrected chi connectivity index (χ1v) is 7.22. The number of hydrogen-bond donors (Lipinski definition) is 4. The highest BCUT2D eigenvalue weighted by Gasteiger charge is 2.26. The van der Waals surface area contributed by atoms with Crippen molar-refractivity contribution < 1.29 is 24.0 Å². The van der Waals surface area contributed by atoms with Crippen LogP contribution in [0.5, 0.6) is 0 Å². The summed E-state index contributed by atoms with van der Waals surface area (Å²) in [7, 11) is -0.807. The molecule has 1 fully saturated rings. The summed E-state index contributed by atoms with van der Waals surface area (Å²) in [4.78, 5) is 22.3. The van der Waals surface area contributed by atoms with Gasteiger partial charge in [-0.05, 0) is 19.8 Å². The lowest BCUT2D eigenvalue weighted by atomic mass is 10.1. The van der Waals surface area contributed by atoms with E-state index in [0.717, 1.165) is 0 Å². The zero-order chi connectivity index (χ0) is 13.7. The molecule has 0 saturated carbocycles. The minimum absolute atomic E-state index is 0.0915. The number of aliphatic hydroxyl groups excluding tert-OH is 1. The van der Waals surface area contributed by atoms with Crippen molar-refractivity contribution in [2.75, 3.05) is 11.5 Å². The van der Waals surface area contributed by atoms with Gasteiger partial charge in [0, 0.05) is 28.3 Å². The molecule has 8 heteroatoms. The normalized spacial score (nSPS) is 27.0. The molecule has 4 N–H and O–H groups in total. The molecule has 0 spiro atoms. The molecule has 1 rings (SSSR count). The van der Waals surface area contributed by atoms with Gasteiger partial charge in [-0.15, -0.1) is 0 Å². The van der Waals surface area contributed by atoms with Crippen molar-refractivity contribution in [2.24, 2.45) is 0 Å². The molecule has 0 aliphatic carbocycles. The number of aliphatic carboxylic acids is 1. The van der Waals surface area contributed by atoms with Crippen LogP contribution in [-0.4, -0.2) is 56.1 Å². The van der Waals surface area contributed by atoms with Crippen LogP contribution in [0.1, 0.15) is 19.8 Å². The number of carbonyl (C=O) groups excluding carboxylic acids is 1. The number of nitrogens with one attached hydrogen (secondary N) is 2. The van der Waals surface area contributed by atoms with Gasteiger partial charge in [-0.2, -0.15) is 0 Å². The number of rotatable bonds is 4. The Hall–Kier alpha value is -1.15. The topological polar surface area (TPSA) is 116 Å². The number of amides is 2. The molecule has 7 nitrogen and oxygen atoms in total. The van der Waals surface area contributed by atoms with E-state index in [-0.39, 0.29) is 6.04 Å². The highest BCUT2D eigenvalue weighted by molar-refractivity contribution is 7.85. The van der Waals surface area contributed by atoms with E-state index in [9.17, 15) is 18.9 Å². The first-order chi connectivity index (χ1) is 8.40. The minimum Gasteiger partial charge on any atom is -0.480 e. The Kier molecular flexibility index (Phi) is 5.54. The molecule has 104 valence electrons. The molecule has 0 bridgehead atoms. The van der Waals surface area contributed by atoms with Gasteiger partial charge in [0.05, 0.1) is 6.10 Å². The second kappa shape index (κ2) is 6.69. The van der Waals surface area contributed by atoms with Crippen LogP contribution in [-0.2, 0) is 15.6 Å². The average molecular weight is 278 g/mol. The summed E-state index contributed by atoms with van der Waals surface area (Å²) in [6.07, 6.45) is 0.0610. The largest absolute Gasteiger partial charge is 0.480 e. The van der Waals surface area contributed by atoms with Crippen LogP contribution >= 0.6 is 0 Å². The Morgan fingerprint density at radius 1 is 1.33 bits per heavy atom. The van der Waals surface area contributed by atoms with Gasteiger partial charge in [0.1, 0.15) is 0 Å². The van der Waals surface area contributed by atoms with Crippen molar-refractivity contribution in [1.82, 2.24) is 10.6 Å². The van der Waals surface area contributed by atoms with Crippen molar-refractivity contribution in [2.45, 2.75) is 38.0 Å². The fourth-order valence-electron chi connectivity index (χ4n) is 1.70. The standard InChI is InChI=1S/C10H18N2O5S/c1-6(13)8(9(14)15)12-10(16)11-7-2-4-18(17)5-3-7/h6-8,13H,2-5H2,1H3,(H,14,15)(H2,11,12,16)/t6-,7?,8+,18?/m1/s1. The summed E-state index contributed by atoms with van der Waals surface area (Å²) in [5.41, 5.74) is 0. The fourth-order valence-corrected chi connectivity index (χ4v) is 2.99. The maximum Gasteiger partial charge on any atom is 0.328 e. The number of carboxylic acid groups (broad SMARTS) is 1. The molecule has 0 aromatic carbocycles. The van der Waals surface area contributed by atoms with Crippen LogP contribution in [0.15, 0.2) is 0 Å². The van der Waals surface area contributed by atoms with Gasteiger partial charge in [0.2, 0.25) is 0 Å². The minimum atomic E-state index is -1.33. The summed E-state index contributed by atoms with van der Waals surface area (Å²) in [6, 6.07) is -2.05. The van der Waals surface area contributed by atoms with E-state index in [1.165, 1.54) is 6.92 Å². The van der Waals surface area contributed by atoms with Gasteiger partial charge in [-0.25, -0.2) is 9.59 Å². The molecule has 0 aromatic rings. The van der Waals surface area contributed by atoms with Gasteiger partial charge < -0.3 is 20.8 Å². The van der Waals surface area contributed by atoms with E-state index >= 15 is 0 Å². The lowest BCUT2D eigenvalue weighted by molar-refractivity contribution is -0.141. The Morgan fingerprint density at radius 2 is 1.89 bits per heavy atom. The number of carboxylic acids is 1. The molecular weight excluding hydrogens is 260 g/mol. The van der Waals surface area contributed by atoms with Gasteiger partial charge in [0.25, 0.3) is 0 Å². The number of carbonyl (C=O) groups is 2. The average Bonchev–Trinajstić information content (AvgIpc) is 2.28. The SMILES string of the molecule is C[C@@H](O)[C@H](NC(=O)NC1CCS(=O)CC1)C(=O)O. The van der Waals surface area contributed by atoms with Crippen LogP contribution in [0, 0.1) is 0 Å². The van der Waals surface area contributed by atoms with E-state index in [0.29, 0.717) is 24.3 Å². The molecule has 2 amide bonds. The summed E-state index contributed by atoms with van der Waals surface area (Å²) < 4.78 is 11.1. The van der Waals surface area contributed by atoms with E-state index in [2.05, 4.69) is 10.6 Å². The summed E-state index contributed by atoms with van der Waals surface area (Å²) in [6.45, 7) is 1.29. The highest BCUT2D eigenvalue weighted by atomic mass is 32.2. The Labute approximate surface area is 107 Å². The van der Waals surface area contributed by atoms with Crippen LogP contribution in [0.3, 0.4) is 0 Å². The smallest absolute Gasteiger partial charge is 0.328 e. The summed E-state index contributed by atoms with van der Waals surface area (Å²) in [5, 5.41) is 22.8. The van der Waals surface area contributed by atoms with Crippen molar-refractivity contribution in [3.8, 4) is 0 Å². The first-order valence-electron chi connectivity index (χ1n) is 5.73. The first kappa shape index (κ1) is 14.9. The lowest BCUT2D eigenvalue weighted by Crippen LogP contribution is -2.53. The van der Waals surface area contributed by atoms with Crippen molar-refractivity contribution >= 4 is 22.8 Å². The Balaban J connectivity index is 2.41. The monoisotopic (exact) mass is 278 g/mol.